The van der Waals surface area contributed by atoms with Crippen molar-refractivity contribution < 1.29 is 24.1 Å². The minimum absolute atomic E-state index is 0. The standard InChI is InChI=1S/C18H14O.2ClH.Ti/c19-17-13-7-12-16(14-8-3-1-4-9-14)18(17)15-10-5-2-6-11-15;;;/h1-13,19H;2*1H;/q;;;+1/p-1. The number of hydrogen-bond donors (Lipinski definition) is 0. The van der Waals surface area contributed by atoms with Gasteiger partial charge < -0.3 is 0 Å². The average Bonchev–Trinajstić information content (AvgIpc) is 2.55. The van der Waals surface area contributed by atoms with Crippen LogP contribution in [0.5, 0.6) is 5.75 Å². The van der Waals surface area contributed by atoms with Gasteiger partial charge in [-0.05, 0) is 0 Å². The first-order chi connectivity index (χ1) is 9.90. The normalized spacial score (nSPS) is 9.23. The van der Waals surface area contributed by atoms with Crippen molar-refractivity contribution in [2.75, 3.05) is 0 Å². The Balaban J connectivity index is 0.00000121. The third-order valence-electron chi connectivity index (χ3n) is 3.28. The number of benzene rings is 3. The zero-order chi connectivity index (χ0) is 13.8. The van der Waals surface area contributed by atoms with Crippen LogP contribution in [0, 0.1) is 0 Å². The molecule has 0 heterocycles. The second-order valence-electron chi connectivity index (χ2n) is 4.51. The summed E-state index contributed by atoms with van der Waals surface area (Å²) in [4.78, 5) is 0. The maximum atomic E-state index is 5.56. The predicted molar refractivity (Wildman–Crippen MR) is 92.4 cm³/mol. The molecule has 3 aromatic carbocycles. The molecule has 0 unspecified atom stereocenters. The van der Waals surface area contributed by atoms with Gasteiger partial charge in [0.05, 0.1) is 0 Å². The van der Waals surface area contributed by atoms with Crippen molar-refractivity contribution in [3.63, 3.8) is 0 Å². The molecule has 3 aromatic rings. The topological polar surface area (TPSA) is 9.23 Å². The van der Waals surface area contributed by atoms with Gasteiger partial charge in [-0.2, -0.15) is 0 Å². The summed E-state index contributed by atoms with van der Waals surface area (Å²) in [7, 11) is 0. The molecule has 3 rings (SSSR count). The first-order valence-corrected chi connectivity index (χ1v) is 7.11. The van der Waals surface area contributed by atoms with Crippen LogP contribution in [0.4, 0.5) is 0 Å². The van der Waals surface area contributed by atoms with Crippen LogP contribution in [-0.4, -0.2) is 0 Å². The van der Waals surface area contributed by atoms with Gasteiger partial charge in [-0.15, -0.1) is 24.8 Å². The molecule has 0 radical (unpaired) electrons. The number of rotatable bonds is 3. The summed E-state index contributed by atoms with van der Waals surface area (Å²) in [5.41, 5.74) is 4.70. The monoisotopic (exact) mass is 365 g/mol. The van der Waals surface area contributed by atoms with E-state index in [4.69, 9.17) is 3.32 Å². The zero-order valence-corrected chi connectivity index (χ0v) is 14.9. The molecule has 0 fully saturated rings. The molecule has 0 amide bonds. The van der Waals surface area contributed by atoms with Gasteiger partial charge in [0.1, 0.15) is 0 Å². The molecule has 0 aliphatic rings. The Morgan fingerprint density at radius 3 is 1.68 bits per heavy atom. The number of hydrogen-bond acceptors (Lipinski definition) is 1. The average molecular weight is 366 g/mol. The van der Waals surface area contributed by atoms with E-state index in [1.807, 2.05) is 24.3 Å². The summed E-state index contributed by atoms with van der Waals surface area (Å²) in [5.74, 6) is 0.901. The SMILES string of the molecule is Cl.Cl.[Ti][O]c1cccc(-c2ccccc2)c1-c1ccccc1. The van der Waals surface area contributed by atoms with Crippen molar-refractivity contribution in [1.82, 2.24) is 0 Å². The first kappa shape index (κ1) is 18.8. The molecule has 111 valence electrons. The van der Waals surface area contributed by atoms with E-state index >= 15 is 0 Å². The molecular formula is C18H15Cl2OTi. The molecule has 0 saturated heterocycles. The van der Waals surface area contributed by atoms with Crippen LogP contribution in [0.15, 0.2) is 78.9 Å². The molecule has 0 bridgehead atoms. The molecule has 0 atom stereocenters. The van der Waals surface area contributed by atoms with Crippen molar-refractivity contribution in [3.8, 4) is 28.0 Å². The molecule has 0 aromatic heterocycles. The van der Waals surface area contributed by atoms with E-state index in [0.717, 1.165) is 11.3 Å². The second kappa shape index (κ2) is 9.02. The van der Waals surface area contributed by atoms with Gasteiger partial charge in [0, 0.05) is 0 Å². The van der Waals surface area contributed by atoms with Gasteiger partial charge in [0.25, 0.3) is 0 Å². The van der Waals surface area contributed by atoms with Crippen LogP contribution in [0.1, 0.15) is 0 Å². The van der Waals surface area contributed by atoms with Gasteiger partial charge in [-0.1, -0.05) is 0 Å². The Morgan fingerprint density at radius 2 is 1.14 bits per heavy atom. The van der Waals surface area contributed by atoms with E-state index in [0.29, 0.717) is 0 Å². The van der Waals surface area contributed by atoms with E-state index in [1.165, 1.54) is 16.7 Å². The molecular weight excluding hydrogens is 351 g/mol. The molecule has 22 heavy (non-hydrogen) atoms. The summed E-state index contributed by atoms with van der Waals surface area (Å²) < 4.78 is 5.56. The minimum atomic E-state index is 0. The quantitative estimate of drug-likeness (QED) is 0.540. The Morgan fingerprint density at radius 1 is 0.591 bits per heavy atom. The van der Waals surface area contributed by atoms with E-state index in [2.05, 4.69) is 54.6 Å². The summed E-state index contributed by atoms with van der Waals surface area (Å²) >= 11 is 1.72. The fraction of sp³-hybridized carbons (Fsp3) is 0. The van der Waals surface area contributed by atoms with E-state index in [-0.39, 0.29) is 24.8 Å². The van der Waals surface area contributed by atoms with Crippen molar-refractivity contribution >= 4 is 24.8 Å². The van der Waals surface area contributed by atoms with Crippen LogP contribution in [0.3, 0.4) is 0 Å². The summed E-state index contributed by atoms with van der Waals surface area (Å²) in [5, 5.41) is 0. The third-order valence-corrected chi connectivity index (χ3v) is 3.63. The molecule has 0 N–H and O–H groups in total. The van der Waals surface area contributed by atoms with Gasteiger partial charge in [-0.25, -0.2) is 0 Å². The number of halogens is 2. The van der Waals surface area contributed by atoms with Crippen molar-refractivity contribution in [3.05, 3.63) is 78.9 Å². The fourth-order valence-corrected chi connectivity index (χ4v) is 2.64. The van der Waals surface area contributed by atoms with Gasteiger partial charge in [-0.3, -0.25) is 0 Å². The van der Waals surface area contributed by atoms with E-state index in [1.54, 1.807) is 20.8 Å². The van der Waals surface area contributed by atoms with Gasteiger partial charge in [0.2, 0.25) is 0 Å². The molecule has 1 nitrogen and oxygen atoms in total. The van der Waals surface area contributed by atoms with Crippen LogP contribution in [-0.2, 0) is 20.8 Å². The van der Waals surface area contributed by atoms with Crippen LogP contribution in [0.2, 0.25) is 0 Å². The summed E-state index contributed by atoms with van der Waals surface area (Å²) in [6.45, 7) is 0. The van der Waals surface area contributed by atoms with Crippen LogP contribution >= 0.6 is 24.8 Å². The Kier molecular flexibility index (Phi) is 7.71. The molecule has 0 saturated carbocycles. The van der Waals surface area contributed by atoms with Crippen molar-refractivity contribution in [1.29, 1.82) is 0 Å². The predicted octanol–water partition coefficient (Wildman–Crippen LogP) is 5.70. The zero-order valence-electron chi connectivity index (χ0n) is 11.7. The van der Waals surface area contributed by atoms with E-state index < -0.39 is 0 Å². The first-order valence-electron chi connectivity index (χ1n) is 6.47. The van der Waals surface area contributed by atoms with Crippen LogP contribution < -0.4 is 3.32 Å². The summed E-state index contributed by atoms with van der Waals surface area (Å²) in [6.07, 6.45) is 0. The maximum absolute atomic E-state index is 5.56. The van der Waals surface area contributed by atoms with Crippen LogP contribution in [0.25, 0.3) is 22.3 Å². The van der Waals surface area contributed by atoms with Crippen molar-refractivity contribution in [2.45, 2.75) is 0 Å². The Hall–Kier alpha value is -1.25. The molecule has 0 aliphatic carbocycles. The molecule has 0 aliphatic heterocycles. The van der Waals surface area contributed by atoms with Crippen molar-refractivity contribution in [2.24, 2.45) is 0 Å². The summed E-state index contributed by atoms with van der Waals surface area (Å²) in [6, 6.07) is 27.0. The van der Waals surface area contributed by atoms with Gasteiger partial charge in [0.15, 0.2) is 0 Å². The second-order valence-corrected chi connectivity index (χ2v) is 4.83. The Bertz CT molecular complexity index is 703. The van der Waals surface area contributed by atoms with E-state index in [9.17, 15) is 0 Å². The Labute approximate surface area is 155 Å². The molecule has 4 heteroatoms. The van der Waals surface area contributed by atoms with Gasteiger partial charge >= 0.3 is 131 Å². The fourth-order valence-electron chi connectivity index (χ4n) is 2.38. The molecule has 0 spiro atoms. The third kappa shape index (κ3) is 3.94.